The predicted molar refractivity (Wildman–Crippen MR) is 113 cm³/mol. The normalized spacial score (nSPS) is 22.1. The molecular weight excluding hydrogens is 415 g/mol. The highest BCUT2D eigenvalue weighted by molar-refractivity contribution is 5.94. The molecule has 5 heterocycles. The lowest BCUT2D eigenvalue weighted by atomic mass is 9.94. The van der Waals surface area contributed by atoms with Crippen LogP contribution in [0.4, 0.5) is 16.0 Å². The van der Waals surface area contributed by atoms with Crippen LogP contribution in [0.15, 0.2) is 30.9 Å². The van der Waals surface area contributed by atoms with E-state index in [1.165, 1.54) is 17.5 Å². The fourth-order valence-electron chi connectivity index (χ4n) is 4.68. The Morgan fingerprint density at radius 3 is 2.62 bits per heavy atom. The summed E-state index contributed by atoms with van der Waals surface area (Å²) in [7, 11) is 0. The van der Waals surface area contributed by atoms with E-state index in [0.717, 1.165) is 18.4 Å². The van der Waals surface area contributed by atoms with Gasteiger partial charge >= 0.3 is 0 Å². The molecule has 3 saturated heterocycles. The summed E-state index contributed by atoms with van der Waals surface area (Å²) in [6.07, 6.45) is 7.57. The first kappa shape index (κ1) is 20.7. The van der Waals surface area contributed by atoms with E-state index in [0.29, 0.717) is 63.3 Å². The zero-order valence-electron chi connectivity index (χ0n) is 17.7. The van der Waals surface area contributed by atoms with E-state index in [-0.39, 0.29) is 23.8 Å². The highest BCUT2D eigenvalue weighted by Gasteiger charge is 2.37. The van der Waals surface area contributed by atoms with E-state index < -0.39 is 5.82 Å². The summed E-state index contributed by atoms with van der Waals surface area (Å²) in [5.74, 6) is 0.828. The number of nitrogens with zero attached hydrogens (tertiary/aromatic N) is 6. The Morgan fingerprint density at radius 1 is 1.06 bits per heavy atom. The molecule has 2 aromatic rings. The lowest BCUT2D eigenvalue weighted by molar-refractivity contribution is -0.182. The molecule has 5 rings (SSSR count). The van der Waals surface area contributed by atoms with Gasteiger partial charge in [-0.3, -0.25) is 24.3 Å². The van der Waals surface area contributed by atoms with Gasteiger partial charge in [-0.1, -0.05) is 0 Å². The molecule has 0 spiro atoms. The largest absolute Gasteiger partial charge is 0.356 e. The molecule has 0 aromatic carbocycles. The minimum atomic E-state index is -0.421. The van der Waals surface area contributed by atoms with E-state index in [2.05, 4.69) is 19.9 Å². The molecule has 0 unspecified atom stereocenters. The third-order valence-corrected chi connectivity index (χ3v) is 6.39. The van der Waals surface area contributed by atoms with Gasteiger partial charge in [-0.05, 0) is 30.9 Å². The van der Waals surface area contributed by atoms with Gasteiger partial charge in [-0.25, -0.2) is 19.4 Å². The van der Waals surface area contributed by atoms with Crippen molar-refractivity contribution in [1.29, 1.82) is 0 Å². The topological polar surface area (TPSA) is 91.8 Å². The second kappa shape index (κ2) is 8.78. The van der Waals surface area contributed by atoms with Crippen LogP contribution in [0.5, 0.6) is 0 Å². The number of carbonyl (C=O) groups is 2. The number of hydroxylamine groups is 2. The van der Waals surface area contributed by atoms with E-state index in [1.807, 2.05) is 6.07 Å². The zero-order chi connectivity index (χ0) is 22.1. The number of hydrogen-bond donors (Lipinski definition) is 0. The fourth-order valence-corrected chi connectivity index (χ4v) is 4.68. The summed E-state index contributed by atoms with van der Waals surface area (Å²) >= 11 is 0. The van der Waals surface area contributed by atoms with Crippen LogP contribution in [0.3, 0.4) is 0 Å². The maximum atomic E-state index is 13.6. The summed E-state index contributed by atoms with van der Waals surface area (Å²) in [6, 6.07) is 2.95. The van der Waals surface area contributed by atoms with Crippen molar-refractivity contribution in [2.24, 2.45) is 5.92 Å². The molecule has 0 aliphatic carbocycles. The standard InChI is InChI=1S/C22H25FN6O3/c23-17-10-16(12-24-13-17)18-5-9-32-29(18)22(31)15-3-7-27(8-4-15)19-11-20(26-14-25-19)28-6-1-2-21(28)30/h10-15,18H,1-9H2/t18-/m0/s1. The lowest BCUT2D eigenvalue weighted by Crippen LogP contribution is -2.42. The summed E-state index contributed by atoms with van der Waals surface area (Å²) < 4.78 is 13.6. The van der Waals surface area contributed by atoms with Gasteiger partial charge in [0.15, 0.2) is 0 Å². The van der Waals surface area contributed by atoms with Crippen LogP contribution >= 0.6 is 0 Å². The van der Waals surface area contributed by atoms with Crippen molar-refractivity contribution in [3.63, 3.8) is 0 Å². The summed E-state index contributed by atoms with van der Waals surface area (Å²) in [5.41, 5.74) is 0.651. The van der Waals surface area contributed by atoms with Crippen LogP contribution < -0.4 is 9.80 Å². The van der Waals surface area contributed by atoms with Gasteiger partial charge in [0.1, 0.15) is 23.8 Å². The molecule has 3 aliphatic heterocycles. The van der Waals surface area contributed by atoms with Crippen LogP contribution in [-0.4, -0.2) is 58.1 Å². The molecule has 0 saturated carbocycles. The Labute approximate surface area is 185 Å². The number of amides is 2. The van der Waals surface area contributed by atoms with E-state index >= 15 is 0 Å². The van der Waals surface area contributed by atoms with Crippen LogP contribution in [-0.2, 0) is 14.4 Å². The predicted octanol–water partition coefficient (Wildman–Crippen LogP) is 2.26. The van der Waals surface area contributed by atoms with E-state index in [9.17, 15) is 14.0 Å². The van der Waals surface area contributed by atoms with E-state index in [1.54, 1.807) is 11.1 Å². The number of aromatic nitrogens is 3. The molecule has 168 valence electrons. The van der Waals surface area contributed by atoms with Gasteiger partial charge in [0.2, 0.25) is 11.8 Å². The SMILES string of the molecule is O=C1CCCN1c1cc(N2CCC(C(=O)N3OCC[C@H]3c3cncc(F)c3)CC2)ncn1. The molecule has 0 N–H and O–H groups in total. The molecule has 32 heavy (non-hydrogen) atoms. The third-order valence-electron chi connectivity index (χ3n) is 6.39. The van der Waals surface area contributed by atoms with Crippen molar-refractivity contribution in [2.45, 2.75) is 38.1 Å². The van der Waals surface area contributed by atoms with Crippen molar-refractivity contribution in [2.75, 3.05) is 36.0 Å². The molecule has 0 radical (unpaired) electrons. The van der Waals surface area contributed by atoms with Crippen molar-refractivity contribution >= 4 is 23.5 Å². The van der Waals surface area contributed by atoms with Crippen molar-refractivity contribution in [1.82, 2.24) is 20.0 Å². The molecule has 3 aliphatic rings. The minimum absolute atomic E-state index is 0.0672. The molecule has 3 fully saturated rings. The van der Waals surface area contributed by atoms with Crippen molar-refractivity contribution in [3.05, 3.63) is 42.2 Å². The highest BCUT2D eigenvalue weighted by atomic mass is 19.1. The smallest absolute Gasteiger partial charge is 0.249 e. The Morgan fingerprint density at radius 2 is 1.88 bits per heavy atom. The van der Waals surface area contributed by atoms with Crippen molar-refractivity contribution < 1.29 is 18.8 Å². The second-order valence-corrected chi connectivity index (χ2v) is 8.38. The summed E-state index contributed by atoms with van der Waals surface area (Å²) in [5, 5.41) is 1.42. The van der Waals surface area contributed by atoms with Crippen LogP contribution in [0.1, 0.15) is 43.7 Å². The quantitative estimate of drug-likeness (QED) is 0.720. The molecule has 10 heteroatoms. The first-order chi connectivity index (χ1) is 15.6. The van der Waals surface area contributed by atoms with Gasteiger partial charge < -0.3 is 4.90 Å². The molecule has 2 amide bonds. The van der Waals surface area contributed by atoms with Crippen molar-refractivity contribution in [3.8, 4) is 0 Å². The Kier molecular flexibility index (Phi) is 5.69. The Balaban J connectivity index is 1.23. The maximum Gasteiger partial charge on any atom is 0.249 e. The number of anilines is 2. The third kappa shape index (κ3) is 4.02. The molecule has 0 bridgehead atoms. The Hall–Kier alpha value is -3.14. The average molecular weight is 440 g/mol. The maximum absolute atomic E-state index is 13.6. The second-order valence-electron chi connectivity index (χ2n) is 8.38. The lowest BCUT2D eigenvalue weighted by Gasteiger charge is -2.34. The summed E-state index contributed by atoms with van der Waals surface area (Å²) in [6.45, 7) is 2.44. The van der Waals surface area contributed by atoms with Crippen LogP contribution in [0.2, 0.25) is 0 Å². The molecule has 9 nitrogen and oxygen atoms in total. The number of hydrogen-bond acceptors (Lipinski definition) is 7. The first-order valence-electron chi connectivity index (χ1n) is 11.0. The molecule has 1 atom stereocenters. The number of rotatable bonds is 4. The van der Waals surface area contributed by atoms with Gasteiger partial charge in [-0.15, -0.1) is 0 Å². The Bertz CT molecular complexity index is 1010. The fraction of sp³-hybridized carbons (Fsp3) is 0.500. The van der Waals surface area contributed by atoms with Gasteiger partial charge in [0.05, 0.1) is 18.8 Å². The first-order valence-corrected chi connectivity index (χ1v) is 11.0. The number of piperidine rings is 1. The summed E-state index contributed by atoms with van der Waals surface area (Å²) in [4.78, 5) is 47.2. The monoisotopic (exact) mass is 440 g/mol. The number of pyridine rings is 1. The van der Waals surface area contributed by atoms with Crippen LogP contribution in [0, 0.1) is 11.7 Å². The zero-order valence-corrected chi connectivity index (χ0v) is 17.7. The van der Waals surface area contributed by atoms with Crippen LogP contribution in [0.25, 0.3) is 0 Å². The van der Waals surface area contributed by atoms with Gasteiger partial charge in [0, 0.05) is 50.7 Å². The van der Waals surface area contributed by atoms with E-state index in [4.69, 9.17) is 4.84 Å². The minimum Gasteiger partial charge on any atom is -0.356 e. The number of carbonyl (C=O) groups excluding carboxylic acids is 2. The van der Waals surface area contributed by atoms with Gasteiger partial charge in [0.25, 0.3) is 0 Å². The van der Waals surface area contributed by atoms with Gasteiger partial charge in [-0.2, -0.15) is 0 Å². The molecular formula is C22H25FN6O3. The highest BCUT2D eigenvalue weighted by Crippen LogP contribution is 2.34. The number of halogens is 1. The molecule has 2 aromatic heterocycles. The average Bonchev–Trinajstić information content (AvgIpc) is 3.48.